The number of nitrogens with one attached hydrogen (secondary N) is 2. The van der Waals surface area contributed by atoms with Crippen molar-refractivity contribution in [3.63, 3.8) is 0 Å². The molecule has 0 saturated carbocycles. The van der Waals surface area contributed by atoms with Crippen molar-refractivity contribution in [1.82, 2.24) is 10.6 Å². The van der Waals surface area contributed by atoms with Crippen LogP contribution in [0.2, 0.25) is 0 Å². The lowest BCUT2D eigenvalue weighted by molar-refractivity contribution is -0.143. The van der Waals surface area contributed by atoms with Gasteiger partial charge in [0.1, 0.15) is 18.1 Å². The van der Waals surface area contributed by atoms with Crippen molar-refractivity contribution in [2.45, 2.75) is 37.4 Å². The Morgan fingerprint density at radius 1 is 1.04 bits per heavy atom. The molecule has 0 radical (unpaired) electrons. The first-order valence-corrected chi connectivity index (χ1v) is 8.53. The van der Waals surface area contributed by atoms with Gasteiger partial charge in [0.15, 0.2) is 0 Å². The van der Waals surface area contributed by atoms with Crippen LogP contribution in [-0.4, -0.2) is 75.8 Å². The van der Waals surface area contributed by atoms with Crippen LogP contribution in [0.5, 0.6) is 0 Å². The first-order valence-electron chi connectivity index (χ1n) is 7.13. The lowest BCUT2D eigenvalue weighted by Gasteiger charge is -2.22. The summed E-state index contributed by atoms with van der Waals surface area (Å²) in [6.07, 6.45) is 1.32. The molecule has 0 heterocycles. The van der Waals surface area contributed by atoms with Gasteiger partial charge >= 0.3 is 11.9 Å². The quantitative estimate of drug-likeness (QED) is 0.227. The third-order valence-electron chi connectivity index (χ3n) is 3.04. The number of carboxylic acid groups (broad SMARTS) is 2. The van der Waals surface area contributed by atoms with E-state index < -0.39 is 54.9 Å². The van der Waals surface area contributed by atoms with Crippen LogP contribution in [0.4, 0.5) is 0 Å². The number of hydrogen-bond acceptors (Lipinski definition) is 7. The van der Waals surface area contributed by atoms with Gasteiger partial charge in [-0.25, -0.2) is 4.79 Å². The predicted molar refractivity (Wildman–Crippen MR) is 86.4 cm³/mol. The van der Waals surface area contributed by atoms with Crippen molar-refractivity contribution >= 4 is 35.5 Å². The highest BCUT2D eigenvalue weighted by Gasteiger charge is 2.27. The number of nitrogens with two attached hydrogens (primary N) is 1. The van der Waals surface area contributed by atoms with Crippen LogP contribution in [0.1, 0.15) is 19.3 Å². The van der Waals surface area contributed by atoms with Gasteiger partial charge in [-0.05, 0) is 24.9 Å². The van der Waals surface area contributed by atoms with Gasteiger partial charge < -0.3 is 31.7 Å². The molecule has 0 saturated heterocycles. The van der Waals surface area contributed by atoms with Gasteiger partial charge in [0.25, 0.3) is 0 Å². The summed E-state index contributed by atoms with van der Waals surface area (Å²) in [6, 6.07) is -3.61. The molecule has 2 amide bonds. The van der Waals surface area contributed by atoms with Crippen molar-refractivity contribution in [3.8, 4) is 0 Å². The average Bonchev–Trinajstić information content (AvgIpc) is 2.53. The molecule has 0 fully saturated rings. The van der Waals surface area contributed by atoms with Crippen molar-refractivity contribution in [2.24, 2.45) is 5.73 Å². The van der Waals surface area contributed by atoms with E-state index in [0.29, 0.717) is 5.75 Å². The Kier molecular flexibility index (Phi) is 10.8. The number of thioether (sulfide) groups is 1. The minimum atomic E-state index is -1.38. The number of aliphatic hydroxyl groups excluding tert-OH is 1. The first-order chi connectivity index (χ1) is 11.2. The summed E-state index contributed by atoms with van der Waals surface area (Å²) in [5, 5.41) is 31.1. The highest BCUT2D eigenvalue weighted by Crippen LogP contribution is 2.04. The van der Waals surface area contributed by atoms with Crippen molar-refractivity contribution < 1.29 is 34.5 Å². The molecule has 11 heteroatoms. The maximum absolute atomic E-state index is 12.2. The Bertz CT molecular complexity index is 461. The summed E-state index contributed by atoms with van der Waals surface area (Å²) in [4.78, 5) is 45.6. The first kappa shape index (κ1) is 22.1. The maximum Gasteiger partial charge on any atom is 0.326 e. The van der Waals surface area contributed by atoms with Gasteiger partial charge in [0.2, 0.25) is 11.8 Å². The molecule has 3 unspecified atom stereocenters. The summed E-state index contributed by atoms with van der Waals surface area (Å²) < 4.78 is 0. The molecule has 0 aliphatic heterocycles. The Morgan fingerprint density at radius 2 is 1.62 bits per heavy atom. The smallest absolute Gasteiger partial charge is 0.326 e. The summed E-state index contributed by atoms with van der Waals surface area (Å²) in [5.74, 6) is -3.53. The van der Waals surface area contributed by atoms with E-state index in [4.69, 9.17) is 21.1 Å². The van der Waals surface area contributed by atoms with Crippen LogP contribution < -0.4 is 16.4 Å². The van der Waals surface area contributed by atoms with Crippen LogP contribution in [-0.2, 0) is 19.2 Å². The summed E-state index contributed by atoms with van der Waals surface area (Å²) >= 11 is 1.42. The van der Waals surface area contributed by atoms with Crippen molar-refractivity contribution in [3.05, 3.63) is 0 Å². The number of carbonyl (C=O) groups is 4. The highest BCUT2D eigenvalue weighted by atomic mass is 32.2. The molecular weight excluding hydrogens is 342 g/mol. The largest absolute Gasteiger partial charge is 0.481 e. The number of carboxylic acids is 2. The number of amides is 2. The average molecular weight is 365 g/mol. The Hall–Kier alpha value is -1.85. The monoisotopic (exact) mass is 365 g/mol. The van der Waals surface area contributed by atoms with Gasteiger partial charge in [-0.2, -0.15) is 11.8 Å². The Morgan fingerprint density at radius 3 is 2.08 bits per heavy atom. The fourth-order valence-corrected chi connectivity index (χ4v) is 2.14. The highest BCUT2D eigenvalue weighted by molar-refractivity contribution is 7.98. The third kappa shape index (κ3) is 8.70. The normalized spacial score (nSPS) is 14.3. The molecule has 138 valence electrons. The van der Waals surface area contributed by atoms with Gasteiger partial charge in [0, 0.05) is 6.42 Å². The third-order valence-corrected chi connectivity index (χ3v) is 3.68. The Balaban J connectivity index is 4.90. The Labute approximate surface area is 143 Å². The summed E-state index contributed by atoms with van der Waals surface area (Å²) in [6.45, 7) is -0.598. The zero-order valence-corrected chi connectivity index (χ0v) is 14.0. The molecule has 10 nitrogen and oxygen atoms in total. The summed E-state index contributed by atoms with van der Waals surface area (Å²) in [5.41, 5.74) is 5.37. The predicted octanol–water partition coefficient (Wildman–Crippen LogP) is -2.02. The zero-order chi connectivity index (χ0) is 18.7. The fraction of sp³-hybridized carbons (Fsp3) is 0.692. The standard InChI is InChI=1S/C13H23N3O7S/c1-24-5-4-8(15-11(20)7(14)6-17)12(21)16-9(13(22)23)2-3-10(18)19/h7-9,17H,2-6,14H2,1H3,(H,15,20)(H,16,21)(H,18,19)(H,22,23). The number of carbonyl (C=O) groups excluding carboxylic acids is 2. The molecule has 0 spiro atoms. The van der Waals surface area contributed by atoms with Crippen LogP contribution in [0.25, 0.3) is 0 Å². The van der Waals surface area contributed by atoms with E-state index in [9.17, 15) is 19.2 Å². The van der Waals surface area contributed by atoms with Gasteiger partial charge in [-0.1, -0.05) is 0 Å². The molecule has 0 aliphatic rings. The van der Waals surface area contributed by atoms with E-state index in [1.165, 1.54) is 11.8 Å². The van der Waals surface area contributed by atoms with Crippen LogP contribution in [0.15, 0.2) is 0 Å². The van der Waals surface area contributed by atoms with Crippen LogP contribution >= 0.6 is 11.8 Å². The lowest BCUT2D eigenvalue weighted by atomic mass is 10.1. The molecular formula is C13H23N3O7S. The second-order valence-electron chi connectivity index (χ2n) is 4.96. The van der Waals surface area contributed by atoms with E-state index in [1.54, 1.807) is 6.26 Å². The molecule has 3 atom stereocenters. The van der Waals surface area contributed by atoms with E-state index >= 15 is 0 Å². The topological polar surface area (TPSA) is 179 Å². The second-order valence-corrected chi connectivity index (χ2v) is 5.95. The fourth-order valence-electron chi connectivity index (χ4n) is 1.66. The molecule has 7 N–H and O–H groups in total. The maximum atomic E-state index is 12.2. The van der Waals surface area contributed by atoms with Crippen LogP contribution in [0.3, 0.4) is 0 Å². The minimum absolute atomic E-state index is 0.224. The molecule has 0 aromatic carbocycles. The molecule has 0 aliphatic carbocycles. The number of hydrogen-bond donors (Lipinski definition) is 6. The number of rotatable bonds is 12. The molecule has 0 aromatic rings. The molecule has 0 rings (SSSR count). The molecule has 0 bridgehead atoms. The van der Waals surface area contributed by atoms with Crippen LogP contribution in [0, 0.1) is 0 Å². The zero-order valence-electron chi connectivity index (χ0n) is 13.2. The van der Waals surface area contributed by atoms with E-state index in [2.05, 4.69) is 10.6 Å². The van der Waals surface area contributed by atoms with E-state index in [-0.39, 0.29) is 12.8 Å². The summed E-state index contributed by atoms with van der Waals surface area (Å²) in [7, 11) is 0. The van der Waals surface area contributed by atoms with E-state index in [0.717, 1.165) is 0 Å². The van der Waals surface area contributed by atoms with Gasteiger partial charge in [-0.3, -0.25) is 14.4 Å². The van der Waals surface area contributed by atoms with Gasteiger partial charge in [0.05, 0.1) is 6.61 Å². The SMILES string of the molecule is CSCCC(NC(=O)C(N)CO)C(=O)NC(CCC(=O)O)C(=O)O. The van der Waals surface area contributed by atoms with E-state index in [1.807, 2.05) is 0 Å². The number of aliphatic carboxylic acids is 2. The van der Waals surface area contributed by atoms with Crippen molar-refractivity contribution in [2.75, 3.05) is 18.6 Å². The second kappa shape index (κ2) is 11.6. The van der Waals surface area contributed by atoms with Crippen molar-refractivity contribution in [1.29, 1.82) is 0 Å². The minimum Gasteiger partial charge on any atom is -0.481 e. The molecule has 0 aromatic heterocycles. The lowest BCUT2D eigenvalue weighted by Crippen LogP contribution is -2.55. The van der Waals surface area contributed by atoms with Gasteiger partial charge in [-0.15, -0.1) is 0 Å². The molecule has 24 heavy (non-hydrogen) atoms. The number of aliphatic hydroxyl groups is 1.